The second-order valence-corrected chi connectivity index (χ2v) is 8.72. The van der Waals surface area contributed by atoms with E-state index in [-0.39, 0.29) is 16.0 Å². The van der Waals surface area contributed by atoms with Crippen LogP contribution in [0.4, 0.5) is 11.4 Å². The van der Waals surface area contributed by atoms with E-state index in [0.29, 0.717) is 5.02 Å². The lowest BCUT2D eigenvalue weighted by atomic mass is 10.1. The Kier molecular flexibility index (Phi) is 6.57. The largest absolute Gasteiger partial charge is 0.369 e. The maximum absolute atomic E-state index is 11.0. The molecular weight excluding hydrogens is 418 g/mol. The molecule has 3 aromatic carbocycles. The van der Waals surface area contributed by atoms with E-state index in [1.165, 1.54) is 5.69 Å². The highest BCUT2D eigenvalue weighted by atomic mass is 35.5. The molecule has 154 valence electrons. The fraction of sp³-hybridized carbons (Fsp3) is 0.217. The molecule has 1 saturated heterocycles. The number of nitro benzene ring substituents is 1. The molecule has 0 aromatic heterocycles. The zero-order valence-corrected chi connectivity index (χ0v) is 17.9. The summed E-state index contributed by atoms with van der Waals surface area (Å²) in [7, 11) is 0. The number of thioether (sulfide) groups is 1. The molecule has 1 unspecified atom stereocenters. The molecule has 0 spiro atoms. The molecule has 1 aliphatic rings. The summed E-state index contributed by atoms with van der Waals surface area (Å²) in [6, 6.07) is 25.2. The summed E-state index contributed by atoms with van der Waals surface area (Å²) in [5, 5.41) is 11.8. The second kappa shape index (κ2) is 9.51. The average Bonchev–Trinajstić information content (AvgIpc) is 2.79. The van der Waals surface area contributed by atoms with E-state index >= 15 is 0 Å². The Morgan fingerprint density at radius 1 is 0.867 bits per heavy atom. The van der Waals surface area contributed by atoms with Crippen molar-refractivity contribution in [1.82, 2.24) is 4.90 Å². The number of hydrogen-bond acceptors (Lipinski definition) is 5. The van der Waals surface area contributed by atoms with Crippen LogP contribution < -0.4 is 4.90 Å². The van der Waals surface area contributed by atoms with Gasteiger partial charge in [0.05, 0.1) is 10.3 Å². The molecule has 0 aliphatic carbocycles. The van der Waals surface area contributed by atoms with Gasteiger partial charge in [-0.3, -0.25) is 15.0 Å². The molecule has 0 N–H and O–H groups in total. The molecule has 7 heteroatoms. The minimum absolute atomic E-state index is 0.0740. The van der Waals surface area contributed by atoms with Gasteiger partial charge in [-0.1, -0.05) is 29.8 Å². The third-order valence-electron chi connectivity index (χ3n) is 5.22. The fourth-order valence-electron chi connectivity index (χ4n) is 3.61. The Bertz CT molecular complexity index is 976. The number of benzene rings is 3. The SMILES string of the molecule is O=[N+]([O-])c1ccc(C(Sc2ccc(Cl)cc2)N2CCN(c3ccccc3)CC2)cc1. The number of nitrogens with zero attached hydrogens (tertiary/aromatic N) is 3. The maximum atomic E-state index is 11.0. The summed E-state index contributed by atoms with van der Waals surface area (Å²) in [5.41, 5.74) is 2.42. The highest BCUT2D eigenvalue weighted by Gasteiger charge is 2.26. The first-order chi connectivity index (χ1) is 14.6. The monoisotopic (exact) mass is 439 g/mol. The van der Waals surface area contributed by atoms with E-state index in [9.17, 15) is 10.1 Å². The van der Waals surface area contributed by atoms with E-state index in [2.05, 4.69) is 34.1 Å². The Morgan fingerprint density at radius 3 is 2.10 bits per heavy atom. The average molecular weight is 440 g/mol. The van der Waals surface area contributed by atoms with Crippen LogP contribution in [0.3, 0.4) is 0 Å². The van der Waals surface area contributed by atoms with Crippen LogP contribution in [0, 0.1) is 10.1 Å². The standard InChI is InChI=1S/C23H22ClN3O2S/c24-19-8-12-22(13-9-19)30-23(18-6-10-21(11-7-18)27(28)29)26-16-14-25(15-17-26)20-4-2-1-3-5-20/h1-13,23H,14-17H2. The predicted molar refractivity (Wildman–Crippen MR) is 123 cm³/mol. The van der Waals surface area contributed by atoms with Crippen molar-refractivity contribution in [1.29, 1.82) is 0 Å². The minimum Gasteiger partial charge on any atom is -0.369 e. The van der Waals surface area contributed by atoms with E-state index in [0.717, 1.165) is 36.6 Å². The number of anilines is 1. The fourth-order valence-corrected chi connectivity index (χ4v) is 4.94. The first kappa shape index (κ1) is 20.7. The van der Waals surface area contributed by atoms with Crippen molar-refractivity contribution in [2.75, 3.05) is 31.1 Å². The third kappa shape index (κ3) is 4.95. The molecule has 0 radical (unpaired) electrons. The van der Waals surface area contributed by atoms with Crippen LogP contribution >= 0.6 is 23.4 Å². The minimum atomic E-state index is -0.357. The third-order valence-corrected chi connectivity index (χ3v) is 6.81. The number of hydrogen-bond donors (Lipinski definition) is 0. The van der Waals surface area contributed by atoms with Gasteiger partial charge < -0.3 is 4.90 Å². The van der Waals surface area contributed by atoms with Crippen molar-refractivity contribution in [2.24, 2.45) is 0 Å². The van der Waals surface area contributed by atoms with Gasteiger partial charge in [-0.25, -0.2) is 0 Å². The summed E-state index contributed by atoms with van der Waals surface area (Å²) in [5.74, 6) is 0. The van der Waals surface area contributed by atoms with Gasteiger partial charge in [0, 0.05) is 53.9 Å². The van der Waals surface area contributed by atoms with Crippen molar-refractivity contribution in [3.8, 4) is 0 Å². The van der Waals surface area contributed by atoms with E-state index in [1.54, 1.807) is 23.9 Å². The van der Waals surface area contributed by atoms with Gasteiger partial charge in [0.15, 0.2) is 0 Å². The number of rotatable bonds is 6. The number of halogens is 1. The van der Waals surface area contributed by atoms with Crippen LogP contribution in [0.2, 0.25) is 5.02 Å². The second-order valence-electron chi connectivity index (χ2n) is 7.13. The van der Waals surface area contributed by atoms with Crippen molar-refractivity contribution < 1.29 is 4.92 Å². The molecule has 0 saturated carbocycles. The van der Waals surface area contributed by atoms with Crippen molar-refractivity contribution in [2.45, 2.75) is 10.3 Å². The van der Waals surface area contributed by atoms with Crippen molar-refractivity contribution in [3.05, 3.63) is 99.6 Å². The Hall–Kier alpha value is -2.54. The quantitative estimate of drug-likeness (QED) is 0.273. The van der Waals surface area contributed by atoms with Gasteiger partial charge in [0.25, 0.3) is 5.69 Å². The molecular formula is C23H22ClN3O2S. The smallest absolute Gasteiger partial charge is 0.269 e. The van der Waals surface area contributed by atoms with E-state index in [1.807, 2.05) is 42.5 Å². The summed E-state index contributed by atoms with van der Waals surface area (Å²) < 4.78 is 0. The van der Waals surface area contributed by atoms with Crippen LogP contribution in [0.25, 0.3) is 0 Å². The summed E-state index contributed by atoms with van der Waals surface area (Å²) in [6.45, 7) is 3.71. The summed E-state index contributed by atoms with van der Waals surface area (Å²) in [4.78, 5) is 16.7. The molecule has 5 nitrogen and oxygen atoms in total. The zero-order chi connectivity index (χ0) is 20.9. The topological polar surface area (TPSA) is 49.6 Å². The number of piperazine rings is 1. The van der Waals surface area contributed by atoms with Gasteiger partial charge in [-0.15, -0.1) is 11.8 Å². The highest BCUT2D eigenvalue weighted by Crippen LogP contribution is 2.39. The number of nitro groups is 1. The van der Waals surface area contributed by atoms with Crippen molar-refractivity contribution in [3.63, 3.8) is 0 Å². The molecule has 0 amide bonds. The van der Waals surface area contributed by atoms with Gasteiger partial charge in [-0.05, 0) is 54.1 Å². The van der Waals surface area contributed by atoms with Gasteiger partial charge in [0.1, 0.15) is 0 Å². The Labute approximate surface area is 185 Å². The molecule has 4 rings (SSSR count). The van der Waals surface area contributed by atoms with Gasteiger partial charge >= 0.3 is 0 Å². The Morgan fingerprint density at radius 2 is 1.50 bits per heavy atom. The number of non-ortho nitro benzene ring substituents is 1. The van der Waals surface area contributed by atoms with Gasteiger partial charge in [0.2, 0.25) is 0 Å². The van der Waals surface area contributed by atoms with Crippen LogP contribution in [-0.2, 0) is 0 Å². The summed E-state index contributed by atoms with van der Waals surface area (Å²) in [6.07, 6.45) is 0. The predicted octanol–water partition coefficient (Wildman–Crippen LogP) is 5.86. The normalized spacial score (nSPS) is 15.7. The summed E-state index contributed by atoms with van der Waals surface area (Å²) >= 11 is 7.79. The van der Waals surface area contributed by atoms with Crippen LogP contribution in [0.15, 0.2) is 83.8 Å². The molecule has 0 bridgehead atoms. The van der Waals surface area contributed by atoms with Crippen LogP contribution in [0.5, 0.6) is 0 Å². The van der Waals surface area contributed by atoms with Crippen molar-refractivity contribution >= 4 is 34.7 Å². The lowest BCUT2D eigenvalue weighted by Gasteiger charge is -2.40. The van der Waals surface area contributed by atoms with Gasteiger partial charge in [-0.2, -0.15) is 0 Å². The highest BCUT2D eigenvalue weighted by molar-refractivity contribution is 7.99. The van der Waals surface area contributed by atoms with E-state index < -0.39 is 0 Å². The molecule has 1 aliphatic heterocycles. The molecule has 30 heavy (non-hydrogen) atoms. The molecule has 3 aromatic rings. The number of para-hydroxylation sites is 1. The lowest BCUT2D eigenvalue weighted by molar-refractivity contribution is -0.384. The maximum Gasteiger partial charge on any atom is 0.269 e. The molecule has 1 heterocycles. The Balaban J connectivity index is 1.54. The zero-order valence-electron chi connectivity index (χ0n) is 16.4. The van der Waals surface area contributed by atoms with Crippen LogP contribution in [-0.4, -0.2) is 36.0 Å². The lowest BCUT2D eigenvalue weighted by Crippen LogP contribution is -2.47. The van der Waals surface area contributed by atoms with Crippen LogP contribution in [0.1, 0.15) is 10.9 Å². The van der Waals surface area contributed by atoms with E-state index in [4.69, 9.17) is 11.6 Å². The molecule has 1 fully saturated rings. The molecule has 1 atom stereocenters. The first-order valence-corrected chi connectivity index (χ1v) is 11.1. The first-order valence-electron chi connectivity index (χ1n) is 9.81.